The molecule has 0 aromatic heterocycles. The van der Waals surface area contributed by atoms with Gasteiger partial charge in [0, 0.05) is 6.21 Å². The highest BCUT2D eigenvalue weighted by atomic mass is 16.7. The van der Waals surface area contributed by atoms with E-state index in [1.54, 1.807) is 0 Å². The molecule has 1 heterocycles. The van der Waals surface area contributed by atoms with Gasteiger partial charge in [-0.25, -0.2) is 0 Å². The predicted molar refractivity (Wildman–Crippen MR) is 70.3 cm³/mol. The number of hydrogen-bond donors (Lipinski definition) is 1. The monoisotopic (exact) mass is 235 g/mol. The molecule has 2 fully saturated rings. The molecule has 0 radical (unpaired) electrons. The number of nitrogens with one attached hydrogen (secondary N) is 1. The maximum absolute atomic E-state index is 7.49. The van der Waals surface area contributed by atoms with E-state index < -0.39 is 0 Å². The van der Waals surface area contributed by atoms with E-state index in [1.165, 1.54) is 19.1 Å². The SMILES string of the molecule is CC1(C)OB(/C(C=N)=C\CC2CC2)OC1(C)C. The van der Waals surface area contributed by atoms with E-state index in [-0.39, 0.29) is 18.3 Å². The minimum absolute atomic E-state index is 0.320. The Hall–Kier alpha value is -0.605. The van der Waals surface area contributed by atoms with Gasteiger partial charge in [0.25, 0.3) is 0 Å². The van der Waals surface area contributed by atoms with Gasteiger partial charge in [-0.15, -0.1) is 0 Å². The molecule has 1 saturated heterocycles. The fraction of sp³-hybridized carbons (Fsp3) is 0.769. The molecule has 0 unspecified atom stereocenters. The van der Waals surface area contributed by atoms with Gasteiger partial charge < -0.3 is 14.7 Å². The first-order valence-corrected chi connectivity index (χ1v) is 6.42. The summed E-state index contributed by atoms with van der Waals surface area (Å²) in [4.78, 5) is 0. The summed E-state index contributed by atoms with van der Waals surface area (Å²) in [6, 6.07) is 0. The molecule has 3 nitrogen and oxygen atoms in total. The van der Waals surface area contributed by atoms with Crippen molar-refractivity contribution in [3.63, 3.8) is 0 Å². The van der Waals surface area contributed by atoms with Gasteiger partial charge >= 0.3 is 7.12 Å². The standard InChI is InChI=1S/C13H22BNO2/c1-12(2)13(3,4)17-14(16-12)11(9-15)8-7-10-5-6-10/h8-10,15H,5-7H2,1-4H3/b11-8-,15-9?. The van der Waals surface area contributed by atoms with Crippen LogP contribution in [0.1, 0.15) is 47.0 Å². The molecule has 0 amide bonds. The van der Waals surface area contributed by atoms with E-state index in [1.807, 2.05) is 27.7 Å². The summed E-state index contributed by atoms with van der Waals surface area (Å²) in [5, 5.41) is 7.49. The second-order valence-corrected chi connectivity index (χ2v) is 6.12. The van der Waals surface area contributed by atoms with Crippen LogP contribution in [0.4, 0.5) is 0 Å². The molecule has 2 rings (SSSR count). The summed E-state index contributed by atoms with van der Waals surface area (Å²) >= 11 is 0. The maximum Gasteiger partial charge on any atom is 0.496 e. The average Bonchev–Trinajstić information content (AvgIpc) is 2.97. The summed E-state index contributed by atoms with van der Waals surface area (Å²) in [6.07, 6.45) is 7.17. The van der Waals surface area contributed by atoms with Gasteiger partial charge in [0.15, 0.2) is 0 Å². The lowest BCUT2D eigenvalue weighted by Gasteiger charge is -2.32. The van der Waals surface area contributed by atoms with Crippen molar-refractivity contribution >= 4 is 13.3 Å². The smallest absolute Gasteiger partial charge is 0.399 e. The van der Waals surface area contributed by atoms with Crippen molar-refractivity contribution in [2.24, 2.45) is 5.92 Å². The molecule has 2 aliphatic rings. The summed E-state index contributed by atoms with van der Waals surface area (Å²) in [5.41, 5.74) is 0.217. The molecule has 4 heteroatoms. The molecular formula is C13H22BNO2. The lowest BCUT2D eigenvalue weighted by atomic mass is 9.78. The van der Waals surface area contributed by atoms with Crippen molar-refractivity contribution in [3.8, 4) is 0 Å². The van der Waals surface area contributed by atoms with Crippen LogP contribution in [0.25, 0.3) is 0 Å². The largest absolute Gasteiger partial charge is 0.496 e. The normalized spacial score (nSPS) is 27.3. The van der Waals surface area contributed by atoms with Gasteiger partial charge in [0.2, 0.25) is 0 Å². The number of allylic oxidation sites excluding steroid dienone is 2. The summed E-state index contributed by atoms with van der Waals surface area (Å²) in [5.74, 6) is 0.826. The molecule has 94 valence electrons. The van der Waals surface area contributed by atoms with Crippen LogP contribution in [0.2, 0.25) is 0 Å². The average molecular weight is 235 g/mol. The molecule has 0 aromatic rings. The van der Waals surface area contributed by atoms with Gasteiger partial charge in [-0.2, -0.15) is 0 Å². The van der Waals surface area contributed by atoms with Crippen molar-refractivity contribution in [1.82, 2.24) is 0 Å². The molecule has 1 saturated carbocycles. The van der Waals surface area contributed by atoms with Crippen molar-refractivity contribution < 1.29 is 9.31 Å². The molecule has 0 spiro atoms. The first kappa shape index (κ1) is 12.8. The van der Waals surface area contributed by atoms with Gasteiger partial charge in [-0.3, -0.25) is 0 Å². The van der Waals surface area contributed by atoms with Crippen LogP contribution >= 0.6 is 0 Å². The third-order valence-corrected chi connectivity index (χ3v) is 4.08. The number of rotatable bonds is 4. The zero-order valence-electron chi connectivity index (χ0n) is 11.2. The third-order valence-electron chi connectivity index (χ3n) is 4.08. The van der Waals surface area contributed by atoms with Gasteiger partial charge in [0.05, 0.1) is 11.2 Å². The summed E-state index contributed by atoms with van der Waals surface area (Å²) < 4.78 is 11.9. The number of hydrogen-bond acceptors (Lipinski definition) is 3. The quantitative estimate of drug-likeness (QED) is 0.601. The Morgan fingerprint density at radius 3 is 2.18 bits per heavy atom. The van der Waals surface area contributed by atoms with Gasteiger partial charge in [0.1, 0.15) is 0 Å². The van der Waals surface area contributed by atoms with E-state index >= 15 is 0 Å². The van der Waals surface area contributed by atoms with E-state index in [0.29, 0.717) is 0 Å². The minimum Gasteiger partial charge on any atom is -0.399 e. The topological polar surface area (TPSA) is 42.3 Å². The third kappa shape index (κ3) is 2.63. The van der Waals surface area contributed by atoms with Crippen LogP contribution in [0.5, 0.6) is 0 Å². The van der Waals surface area contributed by atoms with Crippen LogP contribution in [-0.2, 0) is 9.31 Å². The van der Waals surface area contributed by atoms with Crippen LogP contribution < -0.4 is 0 Å². The Morgan fingerprint density at radius 1 is 1.24 bits per heavy atom. The van der Waals surface area contributed by atoms with E-state index in [0.717, 1.165) is 17.8 Å². The van der Waals surface area contributed by atoms with Crippen molar-refractivity contribution in [2.75, 3.05) is 0 Å². The fourth-order valence-corrected chi connectivity index (χ4v) is 1.86. The second-order valence-electron chi connectivity index (χ2n) is 6.12. The van der Waals surface area contributed by atoms with Gasteiger partial charge in [-0.05, 0) is 58.3 Å². The van der Waals surface area contributed by atoms with Crippen molar-refractivity contribution in [3.05, 3.63) is 11.5 Å². The van der Waals surface area contributed by atoms with E-state index in [9.17, 15) is 0 Å². The van der Waals surface area contributed by atoms with Gasteiger partial charge in [-0.1, -0.05) is 6.08 Å². The molecule has 0 atom stereocenters. The first-order valence-electron chi connectivity index (χ1n) is 6.42. The van der Waals surface area contributed by atoms with Crippen LogP contribution in [0, 0.1) is 11.3 Å². The highest BCUT2D eigenvalue weighted by molar-refractivity contribution is 6.60. The van der Waals surface area contributed by atoms with E-state index in [2.05, 4.69) is 6.08 Å². The maximum atomic E-state index is 7.49. The molecule has 1 N–H and O–H groups in total. The van der Waals surface area contributed by atoms with Crippen LogP contribution in [0.15, 0.2) is 11.5 Å². The van der Waals surface area contributed by atoms with Crippen molar-refractivity contribution in [1.29, 1.82) is 5.41 Å². The molecule has 0 bridgehead atoms. The minimum atomic E-state index is -0.378. The van der Waals surface area contributed by atoms with Crippen LogP contribution in [0.3, 0.4) is 0 Å². The van der Waals surface area contributed by atoms with Crippen LogP contribution in [-0.4, -0.2) is 24.5 Å². The molecule has 1 aliphatic carbocycles. The zero-order chi connectivity index (χ0) is 12.7. The Morgan fingerprint density at radius 2 is 1.76 bits per heavy atom. The Labute approximate surface area is 104 Å². The summed E-state index contributed by atoms with van der Waals surface area (Å²) in [7, 11) is -0.378. The highest BCUT2D eigenvalue weighted by Crippen LogP contribution is 2.39. The molecule has 17 heavy (non-hydrogen) atoms. The highest BCUT2D eigenvalue weighted by Gasteiger charge is 2.52. The molecule has 0 aromatic carbocycles. The summed E-state index contributed by atoms with van der Waals surface area (Å²) in [6.45, 7) is 8.15. The Bertz CT molecular complexity index is 329. The lowest BCUT2D eigenvalue weighted by molar-refractivity contribution is 0.00578. The molecular weight excluding hydrogens is 213 g/mol. The predicted octanol–water partition coefficient (Wildman–Crippen LogP) is 2.99. The second kappa shape index (κ2) is 4.25. The van der Waals surface area contributed by atoms with E-state index in [4.69, 9.17) is 14.7 Å². The Kier molecular flexibility index (Phi) is 3.21. The fourth-order valence-electron chi connectivity index (χ4n) is 1.86. The molecule has 1 aliphatic heterocycles. The Balaban J connectivity index is 2.06. The lowest BCUT2D eigenvalue weighted by Crippen LogP contribution is -2.41. The zero-order valence-corrected chi connectivity index (χ0v) is 11.2. The van der Waals surface area contributed by atoms with Crippen molar-refractivity contribution in [2.45, 2.75) is 58.2 Å². The first-order chi connectivity index (χ1) is 7.86.